The lowest BCUT2D eigenvalue weighted by Crippen LogP contribution is -1.63. The predicted molar refractivity (Wildman–Crippen MR) is 55.9 cm³/mol. The standard InChI is InChI=1S/C8H8.C4H3N/c1-2-8-6-4-3-5-7-8;1-2-3-4-5/h2-7H,1H2;3H,1H2. The van der Waals surface area contributed by atoms with E-state index in [2.05, 4.69) is 18.9 Å². The second-order valence-electron chi connectivity index (χ2n) is 2.09. The first-order valence-electron chi connectivity index (χ1n) is 3.76. The molecule has 0 amide bonds. The minimum atomic E-state index is 1.17. The number of rotatable bonds is 1. The average molecular weight is 169 g/mol. The fraction of sp³-hybridized carbons (Fsp3) is 0. The molecule has 0 N–H and O–H groups in total. The minimum absolute atomic E-state index is 1.17. The van der Waals surface area contributed by atoms with Crippen LogP contribution < -0.4 is 0 Å². The molecule has 0 atom stereocenters. The first kappa shape index (κ1) is 11.0. The molecule has 1 heteroatoms. The van der Waals surface area contributed by atoms with Gasteiger partial charge in [0.05, 0.1) is 12.1 Å². The molecule has 0 unspecified atom stereocenters. The maximum absolute atomic E-state index is 7.66. The van der Waals surface area contributed by atoms with Crippen molar-refractivity contribution in [2.75, 3.05) is 0 Å². The monoisotopic (exact) mass is 169 g/mol. The van der Waals surface area contributed by atoms with E-state index in [4.69, 9.17) is 5.26 Å². The molecule has 13 heavy (non-hydrogen) atoms. The summed E-state index contributed by atoms with van der Waals surface area (Å²) in [5, 5.41) is 7.66. The summed E-state index contributed by atoms with van der Waals surface area (Å²) in [5.41, 5.74) is 3.45. The van der Waals surface area contributed by atoms with Gasteiger partial charge in [0.2, 0.25) is 0 Å². The van der Waals surface area contributed by atoms with Gasteiger partial charge in [-0.15, -0.1) is 5.73 Å². The van der Waals surface area contributed by atoms with Gasteiger partial charge in [0.25, 0.3) is 0 Å². The van der Waals surface area contributed by atoms with E-state index in [0.717, 1.165) is 0 Å². The zero-order valence-corrected chi connectivity index (χ0v) is 7.40. The number of nitrogens with zero attached hydrogens (tertiary/aromatic N) is 1. The lowest BCUT2D eigenvalue weighted by molar-refractivity contribution is 1.54. The average Bonchev–Trinajstić information content (AvgIpc) is 2.21. The maximum atomic E-state index is 7.66. The van der Waals surface area contributed by atoms with Crippen LogP contribution in [0.4, 0.5) is 0 Å². The Morgan fingerprint density at radius 3 is 2.08 bits per heavy atom. The summed E-state index contributed by atoms with van der Waals surface area (Å²) in [6.45, 7) is 6.78. The molecule has 0 aliphatic carbocycles. The van der Waals surface area contributed by atoms with E-state index in [1.807, 2.05) is 36.4 Å². The van der Waals surface area contributed by atoms with Crippen molar-refractivity contribution in [2.24, 2.45) is 0 Å². The molecule has 1 rings (SSSR count). The second kappa shape index (κ2) is 8.07. The first-order valence-corrected chi connectivity index (χ1v) is 3.76. The largest absolute Gasteiger partial charge is 0.192 e. The Morgan fingerprint density at radius 1 is 1.23 bits per heavy atom. The molecule has 1 aromatic carbocycles. The molecule has 1 nitrogen and oxygen atoms in total. The molecule has 0 bridgehead atoms. The van der Waals surface area contributed by atoms with Gasteiger partial charge in [-0.25, -0.2) is 0 Å². The van der Waals surface area contributed by atoms with Gasteiger partial charge in [-0.1, -0.05) is 49.6 Å². The molecule has 0 aromatic heterocycles. The Kier molecular flexibility index (Phi) is 6.81. The van der Waals surface area contributed by atoms with Crippen LogP contribution in [0.2, 0.25) is 0 Å². The predicted octanol–water partition coefficient (Wildman–Crippen LogP) is 3.18. The Hall–Kier alpha value is -2.03. The summed E-state index contributed by atoms with van der Waals surface area (Å²) >= 11 is 0. The van der Waals surface area contributed by atoms with Gasteiger partial charge in [-0.3, -0.25) is 0 Å². The summed E-state index contributed by atoms with van der Waals surface area (Å²) < 4.78 is 0. The maximum Gasteiger partial charge on any atom is 0.0996 e. The van der Waals surface area contributed by atoms with E-state index < -0.39 is 0 Å². The third-order valence-corrected chi connectivity index (χ3v) is 1.20. The van der Waals surface area contributed by atoms with E-state index >= 15 is 0 Å². The van der Waals surface area contributed by atoms with Crippen molar-refractivity contribution in [3.63, 3.8) is 0 Å². The number of nitriles is 1. The molecule has 0 aliphatic rings. The van der Waals surface area contributed by atoms with Crippen molar-refractivity contribution in [1.82, 2.24) is 0 Å². The summed E-state index contributed by atoms with van der Waals surface area (Å²) in [5.74, 6) is 0. The highest BCUT2D eigenvalue weighted by atomic mass is 14.2. The molecule has 0 spiro atoms. The Labute approximate surface area is 79.0 Å². The van der Waals surface area contributed by atoms with Crippen LogP contribution in [0.3, 0.4) is 0 Å². The fourth-order valence-electron chi connectivity index (χ4n) is 0.635. The van der Waals surface area contributed by atoms with Gasteiger partial charge in [-0.05, 0) is 5.56 Å². The number of benzene rings is 1. The number of hydrogen-bond donors (Lipinski definition) is 0. The normalized spacial score (nSPS) is 6.69. The zero-order chi connectivity index (χ0) is 9.94. The molecule has 1 aromatic rings. The third-order valence-electron chi connectivity index (χ3n) is 1.20. The quantitative estimate of drug-likeness (QED) is 0.468. The van der Waals surface area contributed by atoms with Crippen molar-refractivity contribution in [1.29, 1.82) is 5.26 Å². The molecule has 0 radical (unpaired) electrons. The van der Waals surface area contributed by atoms with Gasteiger partial charge in [-0.2, -0.15) is 5.26 Å². The Bertz CT molecular complexity index is 324. The smallest absolute Gasteiger partial charge is 0.0996 e. The molecule has 64 valence electrons. The molecule has 0 saturated carbocycles. The van der Waals surface area contributed by atoms with Crippen molar-refractivity contribution in [3.8, 4) is 6.07 Å². The number of hydrogen-bond acceptors (Lipinski definition) is 1. The third kappa shape index (κ3) is 6.37. The van der Waals surface area contributed by atoms with Crippen LogP contribution in [-0.4, -0.2) is 0 Å². The Balaban J connectivity index is 0.000000252. The van der Waals surface area contributed by atoms with Gasteiger partial charge >= 0.3 is 0 Å². The lowest BCUT2D eigenvalue weighted by atomic mass is 10.2. The van der Waals surface area contributed by atoms with Crippen LogP contribution >= 0.6 is 0 Å². The molecular weight excluding hydrogens is 158 g/mol. The lowest BCUT2D eigenvalue weighted by Gasteiger charge is -1.85. The van der Waals surface area contributed by atoms with Crippen molar-refractivity contribution >= 4 is 6.08 Å². The summed E-state index contributed by atoms with van der Waals surface area (Å²) in [7, 11) is 0. The second-order valence-corrected chi connectivity index (χ2v) is 2.09. The SMILES string of the molecule is C=C=CC#N.C=Cc1ccccc1. The van der Waals surface area contributed by atoms with Crippen molar-refractivity contribution in [3.05, 3.63) is 60.9 Å². The fourth-order valence-corrected chi connectivity index (χ4v) is 0.635. The van der Waals surface area contributed by atoms with Crippen LogP contribution in [0.25, 0.3) is 6.08 Å². The molecule has 0 heterocycles. The van der Waals surface area contributed by atoms with Crippen LogP contribution in [0, 0.1) is 11.3 Å². The summed E-state index contributed by atoms with van der Waals surface area (Å²) in [6.07, 6.45) is 3.03. The van der Waals surface area contributed by atoms with Crippen LogP contribution in [0.5, 0.6) is 0 Å². The highest BCUT2D eigenvalue weighted by Gasteiger charge is 1.75. The van der Waals surface area contributed by atoms with Crippen LogP contribution in [0.1, 0.15) is 5.56 Å². The van der Waals surface area contributed by atoms with E-state index in [-0.39, 0.29) is 0 Å². The highest BCUT2D eigenvalue weighted by molar-refractivity contribution is 5.45. The van der Waals surface area contributed by atoms with E-state index in [1.54, 1.807) is 6.07 Å². The van der Waals surface area contributed by atoms with E-state index in [9.17, 15) is 0 Å². The van der Waals surface area contributed by atoms with Gasteiger partial charge in [0, 0.05) is 0 Å². The van der Waals surface area contributed by atoms with Crippen LogP contribution in [-0.2, 0) is 0 Å². The van der Waals surface area contributed by atoms with E-state index in [0.29, 0.717) is 0 Å². The Morgan fingerprint density at radius 2 is 1.85 bits per heavy atom. The van der Waals surface area contributed by atoms with Crippen LogP contribution in [0.15, 0.2) is 55.3 Å². The topological polar surface area (TPSA) is 23.8 Å². The van der Waals surface area contributed by atoms with Gasteiger partial charge < -0.3 is 0 Å². The first-order chi connectivity index (χ1) is 6.35. The highest BCUT2D eigenvalue weighted by Crippen LogP contribution is 1.97. The minimum Gasteiger partial charge on any atom is -0.192 e. The molecule has 0 fully saturated rings. The summed E-state index contributed by atoms with van der Waals surface area (Å²) in [6, 6.07) is 11.7. The van der Waals surface area contributed by atoms with E-state index in [1.165, 1.54) is 11.6 Å². The number of allylic oxidation sites excluding steroid dienone is 1. The molecular formula is C12H11N. The van der Waals surface area contributed by atoms with Gasteiger partial charge in [0.15, 0.2) is 0 Å². The molecule has 0 aliphatic heterocycles. The molecule has 0 saturated heterocycles. The van der Waals surface area contributed by atoms with Gasteiger partial charge in [0.1, 0.15) is 0 Å². The summed E-state index contributed by atoms with van der Waals surface area (Å²) in [4.78, 5) is 0. The zero-order valence-electron chi connectivity index (χ0n) is 7.40. The van der Waals surface area contributed by atoms with Crippen molar-refractivity contribution < 1.29 is 0 Å². The van der Waals surface area contributed by atoms with Crippen molar-refractivity contribution in [2.45, 2.75) is 0 Å².